The Morgan fingerprint density at radius 2 is 0.840 bits per heavy atom. The van der Waals surface area contributed by atoms with Crippen LogP contribution in [0.25, 0.3) is 90.9 Å². The first-order valence-corrected chi connectivity index (χ1v) is 16.6. The fourth-order valence-electron chi connectivity index (χ4n) is 7.00. The first-order valence-electron chi connectivity index (χ1n) is 16.6. The number of nitrogens with zero attached hydrogens (tertiary/aromatic N) is 2. The maximum atomic E-state index is 13.0. The molecule has 3 aromatic heterocycles. The van der Waals surface area contributed by atoms with Gasteiger partial charge in [0.1, 0.15) is 0 Å². The zero-order valence-corrected chi connectivity index (χ0v) is 27.0. The molecule has 5 nitrogen and oxygen atoms in total. The van der Waals surface area contributed by atoms with Gasteiger partial charge in [-0.25, -0.2) is 9.97 Å². The summed E-state index contributed by atoms with van der Waals surface area (Å²) in [6.07, 6.45) is 9.02. The average molecular weight is 643 g/mol. The van der Waals surface area contributed by atoms with Crippen LogP contribution in [0, 0.1) is 0 Å². The highest BCUT2D eigenvalue weighted by Crippen LogP contribution is 2.39. The van der Waals surface area contributed by atoms with E-state index in [1.807, 2.05) is 72.8 Å². The summed E-state index contributed by atoms with van der Waals surface area (Å²) in [6.45, 7) is 0. The van der Waals surface area contributed by atoms with Crippen LogP contribution in [0.3, 0.4) is 0 Å². The number of nitrogens with one attached hydrogen (secondary N) is 2. The topological polar surface area (TPSA) is 74.4 Å². The zero-order chi connectivity index (χ0) is 33.4. The molecule has 4 aromatic carbocycles. The average Bonchev–Trinajstić information content (AvgIpc) is 4.01. The van der Waals surface area contributed by atoms with Crippen molar-refractivity contribution in [1.82, 2.24) is 19.9 Å². The van der Waals surface area contributed by atoms with E-state index in [0.29, 0.717) is 16.8 Å². The van der Waals surface area contributed by atoms with E-state index in [9.17, 15) is 4.79 Å². The smallest absolute Gasteiger partial charge is 0.154 e. The summed E-state index contributed by atoms with van der Waals surface area (Å²) in [4.78, 5) is 30.9. The number of fused-ring (bicyclic) bond motifs is 8. The Morgan fingerprint density at radius 1 is 0.420 bits per heavy atom. The molecule has 0 aliphatic carbocycles. The van der Waals surface area contributed by atoms with Gasteiger partial charge in [-0.1, -0.05) is 121 Å². The van der Waals surface area contributed by atoms with E-state index in [1.54, 1.807) is 0 Å². The highest BCUT2D eigenvalue weighted by Gasteiger charge is 2.20. The van der Waals surface area contributed by atoms with Crippen LogP contribution in [0.5, 0.6) is 0 Å². The minimum atomic E-state index is 0.481. The number of aromatic nitrogens is 4. The summed E-state index contributed by atoms with van der Waals surface area (Å²) in [7, 11) is 0. The van der Waals surface area contributed by atoms with Gasteiger partial charge in [-0.15, -0.1) is 0 Å². The van der Waals surface area contributed by atoms with Crippen LogP contribution >= 0.6 is 0 Å². The van der Waals surface area contributed by atoms with Crippen molar-refractivity contribution >= 4 is 52.7 Å². The molecule has 0 saturated heterocycles. The minimum Gasteiger partial charge on any atom is -0.354 e. The van der Waals surface area contributed by atoms with Crippen molar-refractivity contribution in [1.29, 1.82) is 0 Å². The summed E-state index contributed by atoms with van der Waals surface area (Å²) in [5.74, 6) is 0. The molecule has 9 rings (SSSR count). The third-order valence-electron chi connectivity index (χ3n) is 9.30. The van der Waals surface area contributed by atoms with E-state index in [2.05, 4.69) is 101 Å². The molecule has 2 aliphatic rings. The molecule has 2 aliphatic heterocycles. The Bertz CT molecular complexity index is 2630. The van der Waals surface area contributed by atoms with Gasteiger partial charge in [-0.05, 0) is 64.8 Å². The number of aromatic amines is 2. The van der Waals surface area contributed by atoms with Gasteiger partial charge in [0, 0.05) is 33.3 Å². The number of H-pyrrole nitrogens is 2. The van der Waals surface area contributed by atoms with E-state index in [1.165, 1.54) is 0 Å². The zero-order valence-electron chi connectivity index (χ0n) is 27.0. The first kappa shape index (κ1) is 29.3. The Labute approximate surface area is 289 Å². The van der Waals surface area contributed by atoms with Crippen LogP contribution < -0.4 is 0 Å². The summed E-state index contributed by atoms with van der Waals surface area (Å²) in [6, 6.07) is 47.5. The van der Waals surface area contributed by atoms with Gasteiger partial charge in [-0.2, -0.15) is 0 Å². The van der Waals surface area contributed by atoms with E-state index >= 15 is 0 Å². The quantitative estimate of drug-likeness (QED) is 0.183. The second-order valence-electron chi connectivity index (χ2n) is 12.3. The largest absolute Gasteiger partial charge is 0.354 e. The standard InChI is InChI=1S/C45H30N4O/c50-28-34-35-21-22-36(46-35)42(30-15-7-2-8-16-30)37-23-24-38(47-37)43(31-17-9-3-10-18-31)39-25-26-40(48-39)44(32-19-11-4-12-20-32)45-33(27-41(34)49-45)29-13-5-1-6-14-29/h1-28,47,49H. The number of hydrogen-bond acceptors (Lipinski definition) is 3. The number of carbonyl (C=O) groups is 1. The molecule has 50 heavy (non-hydrogen) atoms. The van der Waals surface area contributed by atoms with E-state index in [0.717, 1.165) is 84.4 Å². The van der Waals surface area contributed by atoms with Crippen molar-refractivity contribution in [3.8, 4) is 44.5 Å². The van der Waals surface area contributed by atoms with Crippen LogP contribution in [-0.2, 0) is 0 Å². The maximum Gasteiger partial charge on any atom is 0.154 e. The molecule has 0 fully saturated rings. The van der Waals surface area contributed by atoms with Crippen LogP contribution in [-0.4, -0.2) is 26.2 Å². The number of rotatable bonds is 5. The molecule has 2 N–H and O–H groups in total. The van der Waals surface area contributed by atoms with Crippen molar-refractivity contribution < 1.29 is 4.79 Å². The Hall–Kier alpha value is -6.85. The van der Waals surface area contributed by atoms with E-state index in [-0.39, 0.29) is 0 Å². The van der Waals surface area contributed by atoms with Crippen LogP contribution in [0.4, 0.5) is 0 Å². The van der Waals surface area contributed by atoms with Gasteiger partial charge < -0.3 is 9.97 Å². The Balaban J connectivity index is 1.52. The van der Waals surface area contributed by atoms with Crippen LogP contribution in [0.1, 0.15) is 33.1 Å². The number of carbonyl (C=O) groups excluding carboxylic acids is 1. The third kappa shape index (κ3) is 5.09. The summed E-state index contributed by atoms with van der Waals surface area (Å²) < 4.78 is 0. The van der Waals surface area contributed by atoms with E-state index < -0.39 is 0 Å². The normalized spacial score (nSPS) is 11.9. The summed E-state index contributed by atoms with van der Waals surface area (Å²) >= 11 is 0. The molecule has 0 unspecified atom stereocenters. The van der Waals surface area contributed by atoms with Crippen molar-refractivity contribution in [2.75, 3.05) is 0 Å². The Kier molecular flexibility index (Phi) is 7.21. The molecule has 5 heterocycles. The lowest BCUT2D eigenvalue weighted by atomic mass is 9.99. The SMILES string of the molecule is O=Cc1c2nc(c(-c3ccccc3)c3ccc([nH]3)c(-c3ccccc3)c3nc(c(-c4ccccc4)c4[nH]c1cc4-c1ccccc1)C=C3)C=C2. The molecule has 0 amide bonds. The fraction of sp³-hybridized carbons (Fsp3) is 0. The van der Waals surface area contributed by atoms with Gasteiger partial charge in [-0.3, -0.25) is 4.79 Å². The predicted molar refractivity (Wildman–Crippen MR) is 206 cm³/mol. The van der Waals surface area contributed by atoms with Gasteiger partial charge >= 0.3 is 0 Å². The van der Waals surface area contributed by atoms with Crippen molar-refractivity contribution in [2.45, 2.75) is 0 Å². The second-order valence-corrected chi connectivity index (χ2v) is 12.3. The van der Waals surface area contributed by atoms with Crippen molar-refractivity contribution in [3.05, 3.63) is 168 Å². The highest BCUT2D eigenvalue weighted by molar-refractivity contribution is 6.04. The summed E-state index contributed by atoms with van der Waals surface area (Å²) in [5.41, 5.74) is 14.9. The van der Waals surface area contributed by atoms with Crippen molar-refractivity contribution in [2.24, 2.45) is 0 Å². The fourth-order valence-corrected chi connectivity index (χ4v) is 7.00. The molecule has 8 bridgehead atoms. The molecule has 0 radical (unpaired) electrons. The third-order valence-corrected chi connectivity index (χ3v) is 9.30. The molecule has 236 valence electrons. The lowest BCUT2D eigenvalue weighted by Gasteiger charge is -2.07. The molecule has 0 spiro atoms. The maximum absolute atomic E-state index is 13.0. The monoisotopic (exact) mass is 642 g/mol. The predicted octanol–water partition coefficient (Wildman–Crippen LogP) is 11.1. The molecule has 7 aromatic rings. The van der Waals surface area contributed by atoms with Crippen LogP contribution in [0.2, 0.25) is 0 Å². The number of hydrogen-bond donors (Lipinski definition) is 2. The molecule has 0 atom stereocenters. The van der Waals surface area contributed by atoms with Crippen molar-refractivity contribution in [3.63, 3.8) is 0 Å². The molecular weight excluding hydrogens is 613 g/mol. The first-order chi connectivity index (χ1) is 24.7. The molecule has 5 heteroatoms. The van der Waals surface area contributed by atoms with Gasteiger partial charge in [0.2, 0.25) is 0 Å². The number of benzene rings is 4. The lowest BCUT2D eigenvalue weighted by molar-refractivity contribution is 0.112. The van der Waals surface area contributed by atoms with Gasteiger partial charge in [0.25, 0.3) is 0 Å². The van der Waals surface area contributed by atoms with Gasteiger partial charge in [0.05, 0.1) is 39.4 Å². The second kappa shape index (κ2) is 12.3. The van der Waals surface area contributed by atoms with E-state index in [4.69, 9.17) is 9.97 Å². The lowest BCUT2D eigenvalue weighted by Crippen LogP contribution is -1.90. The number of aldehydes is 1. The van der Waals surface area contributed by atoms with Crippen LogP contribution in [0.15, 0.2) is 140 Å². The minimum absolute atomic E-state index is 0.481. The van der Waals surface area contributed by atoms with Gasteiger partial charge in [0.15, 0.2) is 6.29 Å². The molecular formula is C45H30N4O. The summed E-state index contributed by atoms with van der Waals surface area (Å²) in [5, 5.41) is 0. The highest BCUT2D eigenvalue weighted by atomic mass is 16.1. The molecule has 0 saturated carbocycles. The Morgan fingerprint density at radius 3 is 1.34 bits per heavy atom.